The van der Waals surface area contributed by atoms with Gasteiger partial charge in [-0.05, 0) is 45.2 Å². The zero-order chi connectivity index (χ0) is 20.8. The van der Waals surface area contributed by atoms with E-state index in [-0.39, 0.29) is 29.1 Å². The normalized spacial score (nSPS) is 51.0. The van der Waals surface area contributed by atoms with Crippen LogP contribution in [0, 0.1) is 28.6 Å². The molecule has 3 saturated carbocycles. The van der Waals surface area contributed by atoms with Crippen molar-refractivity contribution >= 4 is 5.78 Å². The highest BCUT2D eigenvalue weighted by molar-refractivity contribution is 5.85. The maximum Gasteiger partial charge on any atom is 0.174 e. The lowest BCUT2D eigenvalue weighted by Crippen LogP contribution is -2.65. The van der Waals surface area contributed by atoms with Crippen LogP contribution >= 0.6 is 0 Å². The molecule has 1 saturated heterocycles. The fourth-order valence-electron chi connectivity index (χ4n) is 7.93. The molecule has 0 aromatic rings. The smallest absolute Gasteiger partial charge is 0.174 e. The van der Waals surface area contributed by atoms with Gasteiger partial charge in [0, 0.05) is 29.6 Å². The first-order valence-corrected chi connectivity index (χ1v) is 11.2. The number of hydrogen-bond acceptors (Lipinski definition) is 6. The summed E-state index contributed by atoms with van der Waals surface area (Å²) >= 11 is 0. The summed E-state index contributed by atoms with van der Waals surface area (Å²) < 4.78 is 12.3. The van der Waals surface area contributed by atoms with Crippen molar-refractivity contribution in [3.05, 3.63) is 11.6 Å². The van der Waals surface area contributed by atoms with Crippen LogP contribution in [-0.2, 0) is 14.3 Å². The number of likely N-dealkylation sites (N-methyl/N-ethyl adjacent to an activating group) is 1. The first kappa shape index (κ1) is 20.1. The average molecular weight is 406 g/mol. The summed E-state index contributed by atoms with van der Waals surface area (Å²) in [5, 5.41) is 22.2. The number of nitrogens with zero attached hydrogens (tertiary/aromatic N) is 1. The lowest BCUT2D eigenvalue weighted by Gasteiger charge is -2.60. The monoisotopic (exact) mass is 405 g/mol. The molecule has 0 amide bonds. The third-order valence-corrected chi connectivity index (χ3v) is 9.40. The molecule has 1 heterocycles. The number of rotatable bonds is 1. The minimum absolute atomic E-state index is 0.202. The Kier molecular flexibility index (Phi) is 4.42. The number of ketones is 1. The van der Waals surface area contributed by atoms with Crippen molar-refractivity contribution in [1.82, 2.24) is 4.90 Å². The lowest BCUT2D eigenvalue weighted by molar-refractivity contribution is -0.241. The fraction of sp³-hybridized carbons (Fsp3) is 0.870. The molecule has 2 N–H and O–H groups in total. The van der Waals surface area contributed by atoms with E-state index in [2.05, 4.69) is 13.0 Å². The molecule has 29 heavy (non-hydrogen) atoms. The summed E-state index contributed by atoms with van der Waals surface area (Å²) in [6.07, 6.45) is 4.39. The second-order valence-electron chi connectivity index (χ2n) is 10.7. The molecule has 6 nitrogen and oxygen atoms in total. The third kappa shape index (κ3) is 2.38. The van der Waals surface area contributed by atoms with Gasteiger partial charge in [0.15, 0.2) is 5.79 Å². The van der Waals surface area contributed by atoms with Crippen molar-refractivity contribution in [2.24, 2.45) is 28.6 Å². The van der Waals surface area contributed by atoms with Crippen molar-refractivity contribution in [1.29, 1.82) is 0 Å². The van der Waals surface area contributed by atoms with E-state index in [4.69, 9.17) is 9.47 Å². The summed E-state index contributed by atoms with van der Waals surface area (Å²) in [5.74, 6) is -0.108. The predicted octanol–water partition coefficient (Wildman–Crippen LogP) is 1.74. The number of Topliss-reactive ketones (excluding diaryl/α,β-unsaturated/α-hetero) is 1. The summed E-state index contributed by atoms with van der Waals surface area (Å²) in [7, 11) is 3.84. The zero-order valence-corrected chi connectivity index (χ0v) is 18.1. The van der Waals surface area contributed by atoms with Crippen molar-refractivity contribution < 1.29 is 24.5 Å². The van der Waals surface area contributed by atoms with Gasteiger partial charge in [0.25, 0.3) is 0 Å². The van der Waals surface area contributed by atoms with E-state index in [1.807, 2.05) is 25.9 Å². The van der Waals surface area contributed by atoms with E-state index in [1.165, 1.54) is 0 Å². The Hall–Kier alpha value is -0.790. The molecule has 4 fully saturated rings. The highest BCUT2D eigenvalue weighted by Crippen LogP contribution is 2.68. The maximum atomic E-state index is 13.7. The molecule has 1 spiro atoms. The maximum absolute atomic E-state index is 13.7. The average Bonchev–Trinajstić information content (AvgIpc) is 3.25. The molecule has 4 aliphatic carbocycles. The summed E-state index contributed by atoms with van der Waals surface area (Å²) in [6, 6.07) is -0.219. The van der Waals surface area contributed by atoms with E-state index >= 15 is 0 Å². The van der Waals surface area contributed by atoms with E-state index in [0.29, 0.717) is 25.6 Å². The molecule has 0 unspecified atom stereocenters. The minimum atomic E-state index is -0.939. The quantitative estimate of drug-likeness (QED) is 0.647. The summed E-state index contributed by atoms with van der Waals surface area (Å²) in [4.78, 5) is 15.6. The van der Waals surface area contributed by atoms with E-state index in [0.717, 1.165) is 31.3 Å². The second kappa shape index (κ2) is 6.36. The van der Waals surface area contributed by atoms with Crippen LogP contribution in [0.3, 0.4) is 0 Å². The summed E-state index contributed by atoms with van der Waals surface area (Å²) in [5.41, 5.74) is 0.151. The Morgan fingerprint density at radius 3 is 2.48 bits per heavy atom. The zero-order valence-electron chi connectivity index (χ0n) is 18.1. The number of carbonyl (C=O) groups is 1. The van der Waals surface area contributed by atoms with Gasteiger partial charge in [-0.15, -0.1) is 0 Å². The van der Waals surface area contributed by atoms with Crippen LogP contribution in [-0.4, -0.2) is 72.2 Å². The van der Waals surface area contributed by atoms with Gasteiger partial charge < -0.3 is 24.6 Å². The molecule has 5 aliphatic rings. The van der Waals surface area contributed by atoms with Gasteiger partial charge in [0.05, 0.1) is 31.5 Å². The van der Waals surface area contributed by atoms with Gasteiger partial charge >= 0.3 is 0 Å². The highest BCUT2D eigenvalue weighted by atomic mass is 16.7. The number of aliphatic hydroxyl groups excluding tert-OH is 2. The second-order valence-corrected chi connectivity index (χ2v) is 10.7. The van der Waals surface area contributed by atoms with Gasteiger partial charge in [-0.1, -0.05) is 25.5 Å². The van der Waals surface area contributed by atoms with E-state index < -0.39 is 23.4 Å². The molecular formula is C23H35NO5. The fourth-order valence-corrected chi connectivity index (χ4v) is 7.93. The first-order chi connectivity index (χ1) is 13.7. The topological polar surface area (TPSA) is 79.2 Å². The molecule has 0 radical (unpaired) electrons. The van der Waals surface area contributed by atoms with Crippen molar-refractivity contribution in [3.63, 3.8) is 0 Å². The summed E-state index contributed by atoms with van der Waals surface area (Å²) in [6.45, 7) is 5.41. The SMILES string of the molecule is CN(C)[C@H]1C=C2CC[C@@H]3[C@H](C(=O)C[C@@]4(C)[C@H]3CCC43OCCO3)[C@@]2(C)[C@@H](O)[C@@H]1O. The molecular weight excluding hydrogens is 370 g/mol. The van der Waals surface area contributed by atoms with Crippen LogP contribution in [0.1, 0.15) is 46.0 Å². The molecule has 6 heteroatoms. The highest BCUT2D eigenvalue weighted by Gasteiger charge is 2.70. The van der Waals surface area contributed by atoms with E-state index in [1.54, 1.807) is 0 Å². The Morgan fingerprint density at radius 2 is 1.83 bits per heavy atom. The molecule has 8 atom stereocenters. The van der Waals surface area contributed by atoms with Gasteiger partial charge in [0.2, 0.25) is 0 Å². The number of fused-ring (bicyclic) bond motifs is 6. The van der Waals surface area contributed by atoms with E-state index in [9.17, 15) is 15.0 Å². The first-order valence-electron chi connectivity index (χ1n) is 11.2. The van der Waals surface area contributed by atoms with Gasteiger partial charge in [-0.3, -0.25) is 4.79 Å². The Labute approximate surface area is 173 Å². The molecule has 1 aliphatic heterocycles. The van der Waals surface area contributed by atoms with Crippen molar-refractivity contribution in [2.75, 3.05) is 27.3 Å². The number of hydrogen-bond donors (Lipinski definition) is 2. The number of aliphatic hydroxyl groups is 2. The van der Waals surface area contributed by atoms with Crippen molar-refractivity contribution in [2.45, 2.75) is 70.0 Å². The predicted molar refractivity (Wildman–Crippen MR) is 107 cm³/mol. The van der Waals surface area contributed by atoms with Crippen LogP contribution in [0.25, 0.3) is 0 Å². The Morgan fingerprint density at radius 1 is 1.14 bits per heavy atom. The van der Waals surface area contributed by atoms with Gasteiger partial charge in [0.1, 0.15) is 5.78 Å². The lowest BCUT2D eigenvalue weighted by atomic mass is 9.45. The van der Waals surface area contributed by atoms with Crippen LogP contribution in [0.4, 0.5) is 0 Å². The molecule has 5 rings (SSSR count). The Balaban J connectivity index is 1.55. The number of carbonyl (C=O) groups excluding carboxylic acids is 1. The standard InChI is InChI=1S/C23H35NO5/c1-21-12-17(25)18-14(15(21)7-8-23(21)28-9-10-29-23)6-5-13-11-16(24(3)4)19(26)20(27)22(13,18)2/h11,14-16,18-20,26-27H,5-10,12H2,1-4H3/t14-,15-,16-,18+,19+,20-,21-,22-/m0/s1. The largest absolute Gasteiger partial charge is 0.389 e. The van der Waals surface area contributed by atoms with Crippen LogP contribution in [0.5, 0.6) is 0 Å². The molecule has 162 valence electrons. The van der Waals surface area contributed by atoms with Crippen LogP contribution in [0.2, 0.25) is 0 Å². The molecule has 0 bridgehead atoms. The van der Waals surface area contributed by atoms with Gasteiger partial charge in [-0.2, -0.15) is 0 Å². The third-order valence-electron chi connectivity index (χ3n) is 9.40. The molecule has 0 aromatic carbocycles. The van der Waals surface area contributed by atoms with Crippen molar-refractivity contribution in [3.8, 4) is 0 Å². The minimum Gasteiger partial charge on any atom is -0.389 e. The van der Waals surface area contributed by atoms with Crippen LogP contribution < -0.4 is 0 Å². The van der Waals surface area contributed by atoms with Crippen LogP contribution in [0.15, 0.2) is 11.6 Å². The van der Waals surface area contributed by atoms with Gasteiger partial charge in [-0.25, -0.2) is 0 Å². The number of ether oxygens (including phenoxy) is 2. The molecule has 0 aromatic heterocycles. The Bertz CT molecular complexity index is 744.